The number of hydrogen-bond acceptors (Lipinski definition) is 0. The predicted octanol–water partition coefficient (Wildman–Crippen LogP) is 3.49. The predicted molar refractivity (Wildman–Crippen MR) is 43.0 cm³/mol. The van der Waals surface area contributed by atoms with Gasteiger partial charge in [0.05, 0.1) is 0 Å². The van der Waals surface area contributed by atoms with Gasteiger partial charge in [-0.3, -0.25) is 0 Å². The van der Waals surface area contributed by atoms with Gasteiger partial charge >= 0.3 is 30.0 Å². The molecule has 2 heteroatoms. The fraction of sp³-hybridized carbons (Fsp3) is 0.857. The molecule has 1 unspecified atom stereocenters. The van der Waals surface area contributed by atoms with Crippen molar-refractivity contribution in [2.75, 3.05) is 0 Å². The fourth-order valence-corrected chi connectivity index (χ4v) is 0.553. The van der Waals surface area contributed by atoms with Crippen molar-refractivity contribution in [3.8, 4) is 0 Å². The molecule has 52 valence electrons. The van der Waals surface area contributed by atoms with E-state index in [-0.39, 0.29) is 0 Å². The molecule has 0 aliphatic heterocycles. The summed E-state index contributed by atoms with van der Waals surface area (Å²) in [6, 6.07) is 0. The topological polar surface area (TPSA) is 0 Å². The van der Waals surface area contributed by atoms with Crippen LogP contribution in [0.25, 0.3) is 0 Å². The minimum absolute atomic E-state index is 0.653. The molecule has 0 fully saturated rings. The third-order valence-corrected chi connectivity index (χ3v) is 1.05. The van der Waals surface area contributed by atoms with Crippen LogP contribution >= 0.6 is 13.6 Å². The summed E-state index contributed by atoms with van der Waals surface area (Å²) in [4.78, 5) is 0. The average molecular weight is 244 g/mol. The second-order valence-electron chi connectivity index (χ2n) is 2.25. The number of halogens is 1. The first-order valence-electron chi connectivity index (χ1n) is 3.37. The Hall–Kier alpha value is 1.10. The van der Waals surface area contributed by atoms with Gasteiger partial charge in [-0.05, 0) is 0 Å². The summed E-state index contributed by atoms with van der Waals surface area (Å²) >= 11 is 4.25. The molecule has 0 amide bonds. The molecule has 0 aliphatic carbocycles. The van der Waals surface area contributed by atoms with Gasteiger partial charge in [0.25, 0.3) is 0 Å². The molecule has 0 saturated heterocycles. The number of hydrogen-bond donors (Lipinski definition) is 0. The van der Waals surface area contributed by atoms with E-state index in [1.807, 2.05) is 0 Å². The van der Waals surface area contributed by atoms with Crippen molar-refractivity contribution in [1.29, 1.82) is 0 Å². The molecule has 0 aromatic heterocycles. The second-order valence-corrected chi connectivity index (χ2v) is 2.25. The third kappa shape index (κ3) is 17.6. The van der Waals surface area contributed by atoms with Crippen molar-refractivity contribution >= 4 is 13.6 Å². The van der Waals surface area contributed by atoms with Crippen LogP contribution in [0.4, 0.5) is 0 Å². The van der Waals surface area contributed by atoms with E-state index >= 15 is 0 Å². The van der Waals surface area contributed by atoms with Gasteiger partial charge in [-0.15, -0.1) is 0 Å². The van der Waals surface area contributed by atoms with E-state index in [0.29, 0.717) is 5.92 Å². The van der Waals surface area contributed by atoms with Crippen molar-refractivity contribution in [2.24, 2.45) is 5.92 Å². The number of unbranched alkanes of at least 4 members (excludes halogenated alkanes) is 1. The Balaban J connectivity index is 0. The summed E-state index contributed by atoms with van der Waals surface area (Å²) in [6.07, 6.45) is 3.93. The van der Waals surface area contributed by atoms with Gasteiger partial charge in [0.1, 0.15) is 0 Å². The van der Waals surface area contributed by atoms with Gasteiger partial charge in [0, 0.05) is 0 Å². The Morgan fingerprint density at radius 2 is 2.00 bits per heavy atom. The Labute approximate surface area is 75.8 Å². The maximum atomic E-state index is 3.88. The standard InChI is InChI=1S/C7H15.BrH.Zn/c1-4-5-6-7(2)3;;/h7H,2,4-6H2,1,3H3;1H;/q-1;;+2/p-1. The van der Waals surface area contributed by atoms with Crippen LogP contribution in [0.3, 0.4) is 0 Å². The SMILES string of the molecule is [CH2-]C(C)CCCC.[Zn+][Br]. The van der Waals surface area contributed by atoms with Crippen LogP contribution in [-0.4, -0.2) is 0 Å². The Kier molecular flexibility index (Phi) is 16.8. The summed E-state index contributed by atoms with van der Waals surface area (Å²) in [5.41, 5.74) is 0. The molecule has 1 atom stereocenters. The van der Waals surface area contributed by atoms with E-state index in [4.69, 9.17) is 0 Å². The van der Waals surface area contributed by atoms with E-state index < -0.39 is 0 Å². The summed E-state index contributed by atoms with van der Waals surface area (Å²) < 4.78 is 0. The zero-order chi connectivity index (χ0) is 7.70. The van der Waals surface area contributed by atoms with Crippen molar-refractivity contribution < 1.29 is 16.3 Å². The van der Waals surface area contributed by atoms with Gasteiger partial charge in [-0.25, -0.2) is 0 Å². The molecule has 0 radical (unpaired) electrons. The Morgan fingerprint density at radius 1 is 1.56 bits per heavy atom. The normalized spacial score (nSPS) is 11.8. The molecule has 0 N–H and O–H groups in total. The van der Waals surface area contributed by atoms with Crippen LogP contribution in [0.15, 0.2) is 0 Å². The first kappa shape index (κ1) is 12.8. The molecular weight excluding hydrogens is 229 g/mol. The number of rotatable bonds is 3. The zero-order valence-corrected chi connectivity index (χ0v) is 11.0. The first-order chi connectivity index (χ1) is 4.27. The van der Waals surface area contributed by atoms with E-state index in [1.54, 1.807) is 0 Å². The molecule has 0 spiro atoms. The summed E-state index contributed by atoms with van der Waals surface area (Å²) in [5, 5.41) is 0. The zero-order valence-electron chi connectivity index (χ0n) is 6.49. The van der Waals surface area contributed by atoms with Gasteiger partial charge in [-0.2, -0.15) is 5.92 Å². The molecular formula is C7H15BrZn. The maximum absolute atomic E-state index is 3.88. The van der Waals surface area contributed by atoms with Crippen LogP contribution in [0.2, 0.25) is 0 Å². The van der Waals surface area contributed by atoms with Crippen molar-refractivity contribution in [3.63, 3.8) is 0 Å². The quantitative estimate of drug-likeness (QED) is 0.527. The van der Waals surface area contributed by atoms with Crippen molar-refractivity contribution in [2.45, 2.75) is 33.1 Å². The van der Waals surface area contributed by atoms with Gasteiger partial charge in [0.15, 0.2) is 0 Å². The fourth-order valence-electron chi connectivity index (χ4n) is 0.553. The van der Waals surface area contributed by atoms with Crippen LogP contribution in [-0.2, 0) is 16.3 Å². The summed E-state index contributed by atoms with van der Waals surface area (Å²) in [5.74, 6) is 0.653. The van der Waals surface area contributed by atoms with E-state index in [9.17, 15) is 0 Å². The Bertz CT molecular complexity index is 37.9. The molecule has 0 heterocycles. The van der Waals surface area contributed by atoms with Crippen LogP contribution in [0.1, 0.15) is 33.1 Å². The molecule has 9 heavy (non-hydrogen) atoms. The van der Waals surface area contributed by atoms with Gasteiger partial charge in [-0.1, -0.05) is 33.1 Å². The molecule has 0 aromatic rings. The second kappa shape index (κ2) is 11.8. The molecule has 0 aliphatic rings. The minimum atomic E-state index is 0.653. The molecule has 0 rings (SSSR count). The Morgan fingerprint density at radius 3 is 2.11 bits per heavy atom. The van der Waals surface area contributed by atoms with Crippen LogP contribution < -0.4 is 0 Å². The van der Waals surface area contributed by atoms with Crippen LogP contribution in [0, 0.1) is 12.8 Å². The van der Waals surface area contributed by atoms with E-state index in [1.165, 1.54) is 35.6 Å². The van der Waals surface area contributed by atoms with Crippen molar-refractivity contribution in [3.05, 3.63) is 6.92 Å². The average Bonchev–Trinajstić information content (AvgIpc) is 1.88. The van der Waals surface area contributed by atoms with Gasteiger partial charge in [0.2, 0.25) is 0 Å². The molecule has 0 nitrogen and oxygen atoms in total. The summed E-state index contributed by atoms with van der Waals surface area (Å²) in [7, 11) is 0. The molecule has 0 aromatic carbocycles. The molecule has 0 bridgehead atoms. The summed E-state index contributed by atoms with van der Waals surface area (Å²) in [6.45, 7) is 8.25. The monoisotopic (exact) mass is 242 g/mol. The van der Waals surface area contributed by atoms with E-state index in [0.717, 1.165) is 0 Å². The van der Waals surface area contributed by atoms with E-state index in [2.05, 4.69) is 34.4 Å². The van der Waals surface area contributed by atoms with Crippen LogP contribution in [0.5, 0.6) is 0 Å². The molecule has 0 saturated carbocycles. The van der Waals surface area contributed by atoms with Gasteiger partial charge < -0.3 is 6.92 Å². The van der Waals surface area contributed by atoms with Crippen molar-refractivity contribution in [1.82, 2.24) is 0 Å². The first-order valence-corrected chi connectivity index (χ1v) is 10.3. The third-order valence-electron chi connectivity index (χ3n) is 1.05.